The van der Waals surface area contributed by atoms with Gasteiger partial charge in [0.25, 0.3) is 17.5 Å². The van der Waals surface area contributed by atoms with E-state index in [9.17, 15) is 29.3 Å². The third kappa shape index (κ3) is 5.74. The molecule has 198 valence electrons. The number of imide groups is 2. The Kier molecular flexibility index (Phi) is 7.66. The number of urea groups is 1. The molecule has 1 heterocycles. The van der Waals surface area contributed by atoms with E-state index in [0.29, 0.717) is 16.9 Å². The van der Waals surface area contributed by atoms with Gasteiger partial charge in [0.1, 0.15) is 12.2 Å². The van der Waals surface area contributed by atoms with E-state index in [1.54, 1.807) is 24.3 Å². The highest BCUT2D eigenvalue weighted by Crippen LogP contribution is 2.31. The summed E-state index contributed by atoms with van der Waals surface area (Å²) in [6.07, 6.45) is 1.30. The lowest BCUT2D eigenvalue weighted by Gasteiger charge is -2.26. The van der Waals surface area contributed by atoms with Crippen LogP contribution in [-0.4, -0.2) is 43.0 Å². The minimum atomic E-state index is -0.935. The Hall–Kier alpha value is -5.52. The predicted octanol–water partition coefficient (Wildman–Crippen LogP) is 3.64. The Morgan fingerprint density at radius 1 is 1.00 bits per heavy atom. The Morgan fingerprint density at radius 3 is 2.41 bits per heavy atom. The molecule has 12 heteroatoms. The molecule has 1 fully saturated rings. The zero-order valence-corrected chi connectivity index (χ0v) is 20.7. The van der Waals surface area contributed by atoms with Crippen molar-refractivity contribution in [1.82, 2.24) is 5.32 Å². The lowest BCUT2D eigenvalue weighted by Crippen LogP contribution is -2.54. The molecule has 0 atom stereocenters. The third-order valence-electron chi connectivity index (χ3n) is 5.66. The number of methoxy groups -OCH3 is 2. The number of rotatable bonds is 8. The summed E-state index contributed by atoms with van der Waals surface area (Å²) in [5, 5.41) is 13.1. The van der Waals surface area contributed by atoms with Gasteiger partial charge in [-0.05, 0) is 53.6 Å². The molecule has 3 aromatic carbocycles. The van der Waals surface area contributed by atoms with Crippen molar-refractivity contribution >= 4 is 41.3 Å². The molecule has 0 spiro atoms. The highest BCUT2D eigenvalue weighted by atomic mass is 16.6. The van der Waals surface area contributed by atoms with Gasteiger partial charge in [-0.15, -0.1) is 0 Å². The van der Waals surface area contributed by atoms with E-state index in [0.717, 1.165) is 4.90 Å². The zero-order chi connectivity index (χ0) is 28.1. The molecule has 0 radical (unpaired) electrons. The molecule has 12 nitrogen and oxygen atoms in total. The number of esters is 1. The van der Waals surface area contributed by atoms with Gasteiger partial charge in [-0.2, -0.15) is 0 Å². The number of barbiturate groups is 1. The van der Waals surface area contributed by atoms with Crippen LogP contribution < -0.4 is 19.7 Å². The summed E-state index contributed by atoms with van der Waals surface area (Å²) in [6, 6.07) is 15.3. The Balaban J connectivity index is 1.56. The van der Waals surface area contributed by atoms with Crippen LogP contribution in [0.15, 0.2) is 72.3 Å². The first-order valence-corrected chi connectivity index (χ1v) is 11.4. The van der Waals surface area contributed by atoms with Crippen molar-refractivity contribution in [3.8, 4) is 11.5 Å². The molecule has 39 heavy (non-hydrogen) atoms. The van der Waals surface area contributed by atoms with Crippen LogP contribution in [0.3, 0.4) is 0 Å². The van der Waals surface area contributed by atoms with Crippen molar-refractivity contribution in [3.63, 3.8) is 0 Å². The first kappa shape index (κ1) is 26.5. The number of carbonyl (C=O) groups excluding carboxylic acids is 4. The summed E-state index contributed by atoms with van der Waals surface area (Å²) in [6.45, 7) is 0.0329. The van der Waals surface area contributed by atoms with E-state index in [1.807, 2.05) is 0 Å². The second-order valence-corrected chi connectivity index (χ2v) is 8.12. The summed E-state index contributed by atoms with van der Waals surface area (Å²) in [5.74, 6) is -1.71. The lowest BCUT2D eigenvalue weighted by atomic mass is 10.1. The van der Waals surface area contributed by atoms with Crippen molar-refractivity contribution < 1.29 is 38.3 Å². The summed E-state index contributed by atoms with van der Waals surface area (Å²) >= 11 is 0. The maximum absolute atomic E-state index is 13.2. The number of benzene rings is 3. The minimum Gasteiger partial charge on any atom is -0.493 e. The van der Waals surface area contributed by atoms with Gasteiger partial charge in [-0.25, -0.2) is 14.5 Å². The van der Waals surface area contributed by atoms with Gasteiger partial charge in [0.2, 0.25) is 0 Å². The number of hydrogen-bond donors (Lipinski definition) is 1. The van der Waals surface area contributed by atoms with E-state index in [1.165, 1.54) is 62.8 Å². The van der Waals surface area contributed by atoms with Crippen LogP contribution in [0.2, 0.25) is 0 Å². The lowest BCUT2D eigenvalue weighted by molar-refractivity contribution is -0.384. The fraction of sp³-hybridized carbons (Fsp3) is 0.111. The molecule has 4 rings (SSSR count). The minimum absolute atomic E-state index is 0.0329. The molecule has 0 aromatic heterocycles. The summed E-state index contributed by atoms with van der Waals surface area (Å²) in [7, 11) is 2.63. The van der Waals surface area contributed by atoms with Crippen LogP contribution in [0.5, 0.6) is 11.5 Å². The highest BCUT2D eigenvalue weighted by molar-refractivity contribution is 6.39. The Morgan fingerprint density at radius 2 is 1.74 bits per heavy atom. The average Bonchev–Trinajstić information content (AvgIpc) is 2.94. The van der Waals surface area contributed by atoms with Crippen LogP contribution in [0.4, 0.5) is 16.2 Å². The SMILES string of the molecule is COC(=O)c1ccc(N2C(=O)NC(=O)/C(=C\c3ccc(OCc4cccc([N+](=O)[O-])c4)c(OC)c3)C2=O)cc1. The topological polar surface area (TPSA) is 154 Å². The maximum atomic E-state index is 13.2. The highest BCUT2D eigenvalue weighted by Gasteiger charge is 2.37. The second kappa shape index (κ2) is 11.3. The summed E-state index contributed by atoms with van der Waals surface area (Å²) in [5.41, 5.74) is 0.977. The Labute approximate surface area is 221 Å². The largest absolute Gasteiger partial charge is 0.493 e. The van der Waals surface area contributed by atoms with E-state index < -0.39 is 28.7 Å². The first-order chi connectivity index (χ1) is 18.7. The van der Waals surface area contributed by atoms with Crippen molar-refractivity contribution in [2.45, 2.75) is 6.61 Å². The normalized spacial score (nSPS) is 14.2. The van der Waals surface area contributed by atoms with Crippen molar-refractivity contribution in [2.75, 3.05) is 19.1 Å². The van der Waals surface area contributed by atoms with Crippen molar-refractivity contribution in [2.24, 2.45) is 0 Å². The van der Waals surface area contributed by atoms with Crippen LogP contribution >= 0.6 is 0 Å². The molecule has 3 aromatic rings. The number of amides is 4. The monoisotopic (exact) mass is 531 g/mol. The van der Waals surface area contributed by atoms with Crippen LogP contribution in [0, 0.1) is 10.1 Å². The fourth-order valence-corrected chi connectivity index (χ4v) is 3.74. The molecule has 0 bridgehead atoms. The number of ether oxygens (including phenoxy) is 3. The van der Waals surface area contributed by atoms with Gasteiger partial charge in [-0.1, -0.05) is 18.2 Å². The summed E-state index contributed by atoms with van der Waals surface area (Å²) in [4.78, 5) is 61.1. The number of non-ortho nitro benzene ring substituents is 1. The number of hydrogen-bond acceptors (Lipinski definition) is 9. The number of carbonyl (C=O) groups is 4. The van der Waals surface area contributed by atoms with Crippen molar-refractivity contribution in [1.29, 1.82) is 0 Å². The Bertz CT molecular complexity index is 1510. The molecule has 0 unspecified atom stereocenters. The van der Waals surface area contributed by atoms with Gasteiger partial charge in [-0.3, -0.25) is 25.0 Å². The van der Waals surface area contributed by atoms with E-state index in [4.69, 9.17) is 9.47 Å². The second-order valence-electron chi connectivity index (χ2n) is 8.12. The molecule has 1 saturated heterocycles. The average molecular weight is 531 g/mol. The molecule has 1 N–H and O–H groups in total. The zero-order valence-electron chi connectivity index (χ0n) is 20.7. The molecule has 0 aliphatic carbocycles. The molecule has 1 aliphatic rings. The van der Waals surface area contributed by atoms with Gasteiger partial charge >= 0.3 is 12.0 Å². The number of nitrogens with zero attached hydrogens (tertiary/aromatic N) is 2. The van der Waals surface area contributed by atoms with Crippen LogP contribution in [0.25, 0.3) is 6.08 Å². The quantitative estimate of drug-likeness (QED) is 0.151. The number of nitro groups is 1. The van der Waals surface area contributed by atoms with Gasteiger partial charge in [0, 0.05) is 12.1 Å². The van der Waals surface area contributed by atoms with Gasteiger partial charge in [0.05, 0.1) is 30.4 Å². The molecular weight excluding hydrogens is 510 g/mol. The van der Waals surface area contributed by atoms with Crippen molar-refractivity contribution in [3.05, 3.63) is 99.1 Å². The number of nitro benzene ring substituents is 1. The van der Waals surface area contributed by atoms with Crippen LogP contribution in [-0.2, 0) is 20.9 Å². The first-order valence-electron chi connectivity index (χ1n) is 11.4. The number of anilines is 1. The fourth-order valence-electron chi connectivity index (χ4n) is 3.74. The van der Waals surface area contributed by atoms with Gasteiger partial charge < -0.3 is 14.2 Å². The smallest absolute Gasteiger partial charge is 0.337 e. The molecule has 0 saturated carbocycles. The molecular formula is C27H21N3O9. The van der Waals surface area contributed by atoms with E-state index >= 15 is 0 Å². The third-order valence-corrected chi connectivity index (χ3v) is 5.66. The molecule has 4 amide bonds. The maximum Gasteiger partial charge on any atom is 0.337 e. The molecule has 1 aliphatic heterocycles. The van der Waals surface area contributed by atoms with E-state index in [-0.39, 0.29) is 34.9 Å². The predicted molar refractivity (Wildman–Crippen MR) is 137 cm³/mol. The number of nitrogens with one attached hydrogen (secondary N) is 1. The van der Waals surface area contributed by atoms with Crippen LogP contribution in [0.1, 0.15) is 21.5 Å². The standard InChI is InChI=1S/C27H21N3O9/c1-37-23-14-16(6-11-22(23)39-15-17-4-3-5-20(12-17)30(35)36)13-21-24(31)28-27(34)29(25(21)32)19-9-7-18(8-10-19)26(33)38-2/h3-14H,15H2,1-2H3,(H,28,31,34)/b21-13+. The van der Waals surface area contributed by atoms with Gasteiger partial charge in [0.15, 0.2) is 11.5 Å². The summed E-state index contributed by atoms with van der Waals surface area (Å²) < 4.78 is 15.8. The van der Waals surface area contributed by atoms with E-state index in [2.05, 4.69) is 10.1 Å².